The molecule has 7 heterocycles. The third kappa shape index (κ3) is 2.84. The van der Waals surface area contributed by atoms with Crippen LogP contribution < -0.4 is 0 Å². The smallest absolute Gasteiger partial charge is 0.232 e. The van der Waals surface area contributed by atoms with Crippen LogP contribution in [0.2, 0.25) is 0 Å². The Bertz CT molecular complexity index is 2370. The largest absolute Gasteiger partial charge is 0.434 e. The number of hydrogen-bond donors (Lipinski definition) is 0. The molecule has 0 saturated carbocycles. The number of rotatable bonds is 2. The molecule has 0 amide bonds. The molecule has 0 N–H and O–H groups in total. The van der Waals surface area contributed by atoms with Crippen molar-refractivity contribution < 1.29 is 4.42 Å². The van der Waals surface area contributed by atoms with Crippen LogP contribution in [0, 0.1) is 0 Å². The highest BCUT2D eigenvalue weighted by molar-refractivity contribution is 7.26. The number of aromatic nitrogens is 9. The van der Waals surface area contributed by atoms with Crippen LogP contribution >= 0.6 is 11.3 Å². The Kier molecular flexibility index (Phi) is 3.99. The maximum absolute atomic E-state index is 5.85. The number of hydrogen-bond acceptors (Lipinski definition) is 10. The normalized spacial score (nSPS) is 12.1. The van der Waals surface area contributed by atoms with E-state index < -0.39 is 0 Å². The molecule has 0 radical (unpaired) electrons. The molecular formula is C28H13N9OS. The Balaban J connectivity index is 1.42. The van der Waals surface area contributed by atoms with E-state index in [0.717, 1.165) is 58.9 Å². The quantitative estimate of drug-likeness (QED) is 0.273. The first-order chi connectivity index (χ1) is 19.3. The van der Waals surface area contributed by atoms with Crippen LogP contribution in [-0.2, 0) is 0 Å². The van der Waals surface area contributed by atoms with Crippen molar-refractivity contribution in [3.05, 3.63) is 80.2 Å². The van der Waals surface area contributed by atoms with E-state index in [1.165, 1.54) is 6.33 Å². The minimum absolute atomic E-state index is 0.479. The first kappa shape index (κ1) is 20.6. The van der Waals surface area contributed by atoms with Gasteiger partial charge in [-0.05, 0) is 18.2 Å². The number of nitrogens with zero attached hydrogens (tertiary/aromatic N) is 9. The van der Waals surface area contributed by atoms with Gasteiger partial charge in [-0.25, -0.2) is 39.9 Å². The molecule has 182 valence electrons. The average Bonchev–Trinajstić information content (AvgIpc) is 3.66. The second-order valence-corrected chi connectivity index (χ2v) is 10.1. The van der Waals surface area contributed by atoms with Crippen molar-refractivity contribution >= 4 is 75.8 Å². The van der Waals surface area contributed by atoms with Crippen LogP contribution in [0.3, 0.4) is 0 Å². The van der Waals surface area contributed by atoms with Gasteiger partial charge in [0, 0.05) is 44.5 Å². The maximum Gasteiger partial charge on any atom is 0.232 e. The minimum atomic E-state index is 0.479. The second-order valence-electron chi connectivity index (χ2n) is 9.07. The molecule has 2 aromatic carbocycles. The van der Waals surface area contributed by atoms with Crippen LogP contribution in [0.1, 0.15) is 0 Å². The lowest BCUT2D eigenvalue weighted by Gasteiger charge is -2.11. The molecular weight excluding hydrogens is 510 g/mol. The summed E-state index contributed by atoms with van der Waals surface area (Å²) < 4.78 is 9.05. The highest BCUT2D eigenvalue weighted by Crippen LogP contribution is 2.41. The summed E-state index contributed by atoms with van der Waals surface area (Å²) in [6.07, 6.45) is 11.7. The van der Waals surface area contributed by atoms with Crippen LogP contribution in [-0.4, -0.2) is 44.4 Å². The Hall–Kier alpha value is -5.42. The summed E-state index contributed by atoms with van der Waals surface area (Å²) in [6, 6.07) is 12.5. The summed E-state index contributed by atoms with van der Waals surface area (Å²) in [5, 5.41) is 3.79. The van der Waals surface area contributed by atoms with Gasteiger partial charge in [0.05, 0.1) is 34.3 Å². The maximum atomic E-state index is 5.85. The lowest BCUT2D eigenvalue weighted by Crippen LogP contribution is -1.97. The monoisotopic (exact) mass is 523 g/mol. The Morgan fingerprint density at radius 2 is 1.54 bits per heavy atom. The molecule has 39 heavy (non-hydrogen) atoms. The average molecular weight is 524 g/mol. The molecule has 0 unspecified atom stereocenters. The van der Waals surface area contributed by atoms with E-state index in [0.29, 0.717) is 22.6 Å². The molecule has 0 bridgehead atoms. The fourth-order valence-corrected chi connectivity index (χ4v) is 6.41. The number of furan rings is 1. The molecule has 0 aliphatic rings. The van der Waals surface area contributed by atoms with Gasteiger partial charge < -0.3 is 8.98 Å². The molecule has 0 spiro atoms. The molecule has 10 nitrogen and oxygen atoms in total. The third-order valence-corrected chi connectivity index (χ3v) is 8.13. The molecule has 11 heteroatoms. The molecule has 0 saturated heterocycles. The van der Waals surface area contributed by atoms with Gasteiger partial charge in [0.25, 0.3) is 0 Å². The Morgan fingerprint density at radius 1 is 0.692 bits per heavy atom. The second kappa shape index (κ2) is 7.55. The van der Waals surface area contributed by atoms with E-state index in [1.807, 2.05) is 24.5 Å². The topological polar surface area (TPSA) is 121 Å². The predicted octanol–water partition coefficient (Wildman–Crippen LogP) is 5.88. The van der Waals surface area contributed by atoms with Gasteiger partial charge in [-0.3, -0.25) is 0 Å². The highest BCUT2D eigenvalue weighted by atomic mass is 32.1. The molecule has 9 aromatic rings. The van der Waals surface area contributed by atoms with Crippen molar-refractivity contribution in [1.82, 2.24) is 44.4 Å². The van der Waals surface area contributed by atoms with Crippen molar-refractivity contribution in [2.45, 2.75) is 0 Å². The van der Waals surface area contributed by atoms with E-state index >= 15 is 0 Å². The molecule has 0 aliphatic carbocycles. The number of benzene rings is 2. The molecule has 0 fully saturated rings. The summed E-state index contributed by atoms with van der Waals surface area (Å²) in [7, 11) is 0. The fraction of sp³-hybridized carbons (Fsp3) is 0. The van der Waals surface area contributed by atoms with Crippen LogP contribution in [0.4, 0.5) is 0 Å². The van der Waals surface area contributed by atoms with Gasteiger partial charge in [-0.1, -0.05) is 18.2 Å². The van der Waals surface area contributed by atoms with Crippen molar-refractivity contribution in [3.8, 4) is 17.1 Å². The summed E-state index contributed by atoms with van der Waals surface area (Å²) in [6.45, 7) is 0. The van der Waals surface area contributed by atoms with Gasteiger partial charge in [-0.2, -0.15) is 0 Å². The number of fused-ring (bicyclic) bond motifs is 9. The summed E-state index contributed by atoms with van der Waals surface area (Å²) in [5.74, 6) is 0.567. The summed E-state index contributed by atoms with van der Waals surface area (Å²) in [5.41, 5.74) is 6.35. The van der Waals surface area contributed by atoms with Gasteiger partial charge in [-0.15, -0.1) is 11.3 Å². The van der Waals surface area contributed by atoms with Crippen molar-refractivity contribution in [1.29, 1.82) is 0 Å². The van der Waals surface area contributed by atoms with Gasteiger partial charge in [0.15, 0.2) is 11.4 Å². The Morgan fingerprint density at radius 3 is 2.51 bits per heavy atom. The zero-order chi connectivity index (χ0) is 25.5. The van der Waals surface area contributed by atoms with E-state index in [9.17, 15) is 0 Å². The fourth-order valence-electron chi connectivity index (χ4n) is 5.30. The van der Waals surface area contributed by atoms with E-state index in [1.54, 1.807) is 36.4 Å². The van der Waals surface area contributed by atoms with E-state index in [-0.39, 0.29) is 0 Å². The van der Waals surface area contributed by atoms with Crippen LogP contribution in [0.5, 0.6) is 0 Å². The SMILES string of the molecule is c1ccc2c(c1)c1ncncc1n2-c1cc(-c2ncc3oc4ncncc4c3n2)c2sc3ncncc3c2c1. The zero-order valence-electron chi connectivity index (χ0n) is 19.8. The summed E-state index contributed by atoms with van der Waals surface area (Å²) >= 11 is 1.59. The Labute approximate surface area is 221 Å². The minimum Gasteiger partial charge on any atom is -0.434 e. The number of thiophene rings is 1. The molecule has 9 rings (SSSR count). The van der Waals surface area contributed by atoms with Gasteiger partial charge >= 0.3 is 0 Å². The molecule has 0 atom stereocenters. The van der Waals surface area contributed by atoms with Gasteiger partial charge in [0.2, 0.25) is 5.71 Å². The van der Waals surface area contributed by atoms with Gasteiger partial charge in [0.1, 0.15) is 29.3 Å². The lowest BCUT2D eigenvalue weighted by molar-refractivity contribution is 0.650. The highest BCUT2D eigenvalue weighted by Gasteiger charge is 2.20. The number of para-hydroxylation sites is 1. The van der Waals surface area contributed by atoms with Crippen LogP contribution in [0.25, 0.3) is 81.5 Å². The summed E-state index contributed by atoms with van der Waals surface area (Å²) in [4.78, 5) is 36.7. The van der Waals surface area contributed by atoms with Crippen LogP contribution in [0.15, 0.2) is 84.6 Å². The first-order valence-corrected chi connectivity index (χ1v) is 12.9. The zero-order valence-corrected chi connectivity index (χ0v) is 20.7. The first-order valence-electron chi connectivity index (χ1n) is 12.0. The van der Waals surface area contributed by atoms with E-state index in [4.69, 9.17) is 14.4 Å². The standard InChI is InChI=1S/C28H13N9OS/c1-2-4-20-15(3-1)23-21(9-31-11-33-23)37(20)14-5-16-18-7-29-13-35-28(18)39-25(16)17(6-14)26-32-10-22-24(36-26)19-8-30-12-34-27(19)38-22/h1-13H. The third-order valence-electron chi connectivity index (χ3n) is 6.96. The van der Waals surface area contributed by atoms with Crippen molar-refractivity contribution in [2.75, 3.05) is 0 Å². The molecule has 7 aromatic heterocycles. The van der Waals surface area contributed by atoms with E-state index in [2.05, 4.69) is 58.7 Å². The predicted molar refractivity (Wildman–Crippen MR) is 149 cm³/mol. The lowest BCUT2D eigenvalue weighted by atomic mass is 10.1. The van der Waals surface area contributed by atoms with Crippen molar-refractivity contribution in [3.63, 3.8) is 0 Å². The molecule has 0 aliphatic heterocycles. The van der Waals surface area contributed by atoms with Crippen molar-refractivity contribution in [2.24, 2.45) is 0 Å².